The van der Waals surface area contributed by atoms with E-state index in [0.29, 0.717) is 16.9 Å². The lowest BCUT2D eigenvalue weighted by molar-refractivity contribution is -0.661. The monoisotopic (exact) mass is 419 g/mol. The maximum Gasteiger partial charge on any atom is 0.430 e. The van der Waals surface area contributed by atoms with Crippen molar-refractivity contribution >= 4 is 34.6 Å². The summed E-state index contributed by atoms with van der Waals surface area (Å²) in [5.74, 6) is -2.12. The van der Waals surface area contributed by atoms with Crippen molar-refractivity contribution in [3.8, 4) is 5.88 Å². The van der Waals surface area contributed by atoms with Crippen LogP contribution in [-0.2, 0) is 11.3 Å². The fourth-order valence-electron chi connectivity index (χ4n) is 2.63. The Hall–Kier alpha value is -2.33. The molecule has 1 aliphatic carbocycles. The van der Waals surface area contributed by atoms with Crippen molar-refractivity contribution in [1.82, 2.24) is 9.38 Å². The number of pyridine rings is 1. The van der Waals surface area contributed by atoms with Gasteiger partial charge in [-0.25, -0.2) is 9.55 Å². The number of carbonyl (C=O) groups is 1. The third-order valence-electron chi connectivity index (χ3n) is 3.89. The summed E-state index contributed by atoms with van der Waals surface area (Å²) in [6, 6.07) is 4.15. The van der Waals surface area contributed by atoms with Crippen molar-refractivity contribution in [2.24, 2.45) is 0 Å². The van der Waals surface area contributed by atoms with E-state index in [0.717, 1.165) is 10.5 Å². The molecule has 1 saturated carbocycles. The fourth-order valence-corrected chi connectivity index (χ4v) is 3.60. The molecule has 1 fully saturated rings. The summed E-state index contributed by atoms with van der Waals surface area (Å²) < 4.78 is 36.0. The minimum atomic E-state index is -5.19. The summed E-state index contributed by atoms with van der Waals surface area (Å²) >= 11 is 7.36. The zero-order chi connectivity index (χ0) is 19.8. The van der Waals surface area contributed by atoms with Gasteiger partial charge in [0.15, 0.2) is 10.7 Å². The highest BCUT2D eigenvalue weighted by Gasteiger charge is 2.31. The molecule has 144 valence electrons. The summed E-state index contributed by atoms with van der Waals surface area (Å²) in [5.41, 5.74) is 2.38. The molecule has 3 heterocycles. The van der Waals surface area contributed by atoms with Gasteiger partial charge in [-0.1, -0.05) is 11.6 Å². The van der Waals surface area contributed by atoms with Crippen LogP contribution in [0.5, 0.6) is 5.88 Å². The van der Waals surface area contributed by atoms with Crippen LogP contribution < -0.4 is 9.67 Å². The van der Waals surface area contributed by atoms with E-state index in [1.54, 1.807) is 12.4 Å². The van der Waals surface area contributed by atoms with Gasteiger partial charge in [0.25, 0.3) is 5.65 Å². The molecule has 4 rings (SSSR count). The Morgan fingerprint density at radius 3 is 2.67 bits per heavy atom. The van der Waals surface area contributed by atoms with Gasteiger partial charge in [-0.3, -0.25) is 0 Å². The van der Waals surface area contributed by atoms with Crippen LogP contribution in [0.4, 0.5) is 13.2 Å². The SMILES string of the molecule is O=C([O-])C(F)(F)F.Oc1c[n+](Cc2cnc(Cl)s2)c2c(C3CC3)cccn12. The van der Waals surface area contributed by atoms with E-state index >= 15 is 0 Å². The topological polar surface area (TPSA) is 81.5 Å². The second-order valence-electron chi connectivity index (χ2n) is 5.91. The van der Waals surface area contributed by atoms with Crippen LogP contribution in [0, 0.1) is 0 Å². The fraction of sp³-hybridized carbons (Fsp3) is 0.312. The number of carboxylic acids is 1. The molecular weight excluding hydrogens is 407 g/mol. The van der Waals surface area contributed by atoms with Crippen molar-refractivity contribution < 1.29 is 32.7 Å². The molecule has 0 saturated heterocycles. The first-order valence-corrected chi connectivity index (χ1v) is 8.97. The Bertz CT molecular complexity index is 982. The molecule has 1 N–H and O–H groups in total. The molecule has 3 aromatic heterocycles. The van der Waals surface area contributed by atoms with Crippen molar-refractivity contribution in [3.05, 3.63) is 45.6 Å². The molecule has 0 atom stereocenters. The van der Waals surface area contributed by atoms with Crippen LogP contribution in [0.2, 0.25) is 4.47 Å². The highest BCUT2D eigenvalue weighted by molar-refractivity contribution is 7.15. The lowest BCUT2D eigenvalue weighted by Gasteiger charge is -2.03. The first-order valence-electron chi connectivity index (χ1n) is 7.77. The zero-order valence-corrected chi connectivity index (χ0v) is 15.2. The first-order chi connectivity index (χ1) is 12.7. The predicted octanol–water partition coefficient (Wildman–Crippen LogP) is 2.27. The molecule has 3 aromatic rings. The minimum absolute atomic E-state index is 0.262. The molecule has 27 heavy (non-hydrogen) atoms. The van der Waals surface area contributed by atoms with Gasteiger partial charge in [-0.15, -0.1) is 11.3 Å². The number of rotatable bonds is 3. The predicted molar refractivity (Wildman–Crippen MR) is 88.5 cm³/mol. The van der Waals surface area contributed by atoms with Gasteiger partial charge in [0.2, 0.25) is 0 Å². The number of carboxylic acid groups (broad SMARTS) is 1. The summed E-state index contributed by atoms with van der Waals surface area (Å²) in [4.78, 5) is 13.9. The number of carbonyl (C=O) groups excluding carboxylic acids is 1. The molecule has 0 unspecified atom stereocenters. The molecule has 0 aliphatic heterocycles. The first kappa shape index (κ1) is 19.4. The normalized spacial score (nSPS) is 14.1. The Balaban J connectivity index is 0.000000260. The summed E-state index contributed by atoms with van der Waals surface area (Å²) in [7, 11) is 0. The van der Waals surface area contributed by atoms with Gasteiger partial charge >= 0.3 is 12.1 Å². The largest absolute Gasteiger partial charge is 0.542 e. The van der Waals surface area contributed by atoms with Crippen molar-refractivity contribution in [2.45, 2.75) is 31.5 Å². The molecule has 1 aliphatic rings. The Morgan fingerprint density at radius 2 is 2.15 bits per heavy atom. The number of hydrogen-bond acceptors (Lipinski definition) is 5. The number of hydrogen-bond donors (Lipinski definition) is 1. The number of alkyl halides is 3. The number of aromatic hydroxyl groups is 1. The molecule has 11 heteroatoms. The van der Waals surface area contributed by atoms with Crippen LogP contribution in [-0.4, -0.2) is 26.6 Å². The van der Waals surface area contributed by atoms with Gasteiger partial charge < -0.3 is 15.0 Å². The van der Waals surface area contributed by atoms with E-state index in [1.807, 2.05) is 16.7 Å². The molecule has 0 radical (unpaired) electrons. The van der Waals surface area contributed by atoms with Crippen LogP contribution in [0.3, 0.4) is 0 Å². The van der Waals surface area contributed by atoms with Gasteiger partial charge in [0, 0.05) is 11.8 Å². The smallest absolute Gasteiger partial charge is 0.430 e. The van der Waals surface area contributed by atoms with E-state index in [4.69, 9.17) is 21.5 Å². The average molecular weight is 420 g/mol. The number of aromatic nitrogens is 3. The maximum absolute atomic E-state index is 10.5. The average Bonchev–Trinajstić information content (AvgIpc) is 3.28. The number of aliphatic carboxylic acids is 1. The van der Waals surface area contributed by atoms with Gasteiger partial charge in [-0.2, -0.15) is 17.6 Å². The lowest BCUT2D eigenvalue weighted by Crippen LogP contribution is -2.37. The summed E-state index contributed by atoms with van der Waals surface area (Å²) in [6.07, 6.45) is 2.73. The van der Waals surface area contributed by atoms with Gasteiger partial charge in [0.05, 0.1) is 11.1 Å². The Morgan fingerprint density at radius 1 is 1.48 bits per heavy atom. The molecule has 0 amide bonds. The van der Waals surface area contributed by atoms with Gasteiger partial charge in [0.1, 0.15) is 12.5 Å². The second-order valence-corrected chi connectivity index (χ2v) is 7.61. The number of thiazole rings is 1. The lowest BCUT2D eigenvalue weighted by atomic mass is 10.2. The highest BCUT2D eigenvalue weighted by Crippen LogP contribution is 2.41. The molecule has 6 nitrogen and oxygen atoms in total. The van der Waals surface area contributed by atoms with Crippen LogP contribution in [0.15, 0.2) is 30.7 Å². The molecular formula is C16H13ClF3N3O3S. The van der Waals surface area contributed by atoms with E-state index in [1.165, 1.54) is 29.7 Å². The Kier molecular flexibility index (Phi) is 5.29. The van der Waals surface area contributed by atoms with E-state index in [2.05, 4.69) is 15.6 Å². The van der Waals surface area contributed by atoms with E-state index in [9.17, 15) is 18.3 Å². The van der Waals surface area contributed by atoms with E-state index in [-0.39, 0.29) is 5.88 Å². The third kappa shape index (κ3) is 4.51. The highest BCUT2D eigenvalue weighted by atomic mass is 35.5. The minimum Gasteiger partial charge on any atom is -0.542 e. The number of halogens is 4. The maximum atomic E-state index is 10.5. The summed E-state index contributed by atoms with van der Waals surface area (Å²) in [5, 5.41) is 18.9. The Labute approximate surface area is 160 Å². The van der Waals surface area contributed by atoms with Crippen molar-refractivity contribution in [2.75, 3.05) is 0 Å². The zero-order valence-electron chi connectivity index (χ0n) is 13.6. The number of imidazole rings is 1. The second kappa shape index (κ2) is 7.35. The van der Waals surface area contributed by atoms with Crippen LogP contribution >= 0.6 is 22.9 Å². The third-order valence-corrected chi connectivity index (χ3v) is 4.99. The van der Waals surface area contributed by atoms with Gasteiger partial charge in [-0.05, 0) is 30.9 Å². The molecule has 0 spiro atoms. The van der Waals surface area contributed by atoms with Crippen LogP contribution in [0.25, 0.3) is 5.65 Å². The molecule has 0 bridgehead atoms. The standard InChI is InChI=1S/C14H12ClN3OS.C2HF3O2/c15-14-16-6-10(20-14)7-17-8-12(19)18-5-1-2-11(13(17)18)9-3-4-9;3-2(4,5)1(6)7/h1-2,5-6,8-9H,3-4,7H2;(H,6,7). The number of nitrogens with zero attached hydrogens (tertiary/aromatic N) is 3. The number of fused-ring (bicyclic) bond motifs is 1. The summed E-state index contributed by atoms with van der Waals surface area (Å²) in [6.45, 7) is 0.679. The molecule has 0 aromatic carbocycles. The van der Waals surface area contributed by atoms with Crippen molar-refractivity contribution in [1.29, 1.82) is 0 Å². The van der Waals surface area contributed by atoms with Crippen LogP contribution in [0.1, 0.15) is 29.2 Å². The van der Waals surface area contributed by atoms with E-state index < -0.39 is 12.1 Å². The van der Waals surface area contributed by atoms with Crippen molar-refractivity contribution in [3.63, 3.8) is 0 Å². The quantitative estimate of drug-likeness (QED) is 0.660.